The molecule has 0 radical (unpaired) electrons. The molecule has 0 heterocycles. The highest BCUT2D eigenvalue weighted by Crippen LogP contribution is 2.13. The van der Waals surface area contributed by atoms with Crippen molar-refractivity contribution in [1.29, 1.82) is 0 Å². The Morgan fingerprint density at radius 1 is 1.00 bits per heavy atom. The van der Waals surface area contributed by atoms with Crippen molar-refractivity contribution in [3.8, 4) is 0 Å². The summed E-state index contributed by atoms with van der Waals surface area (Å²) in [4.78, 5) is 11.6. The van der Waals surface area contributed by atoms with Gasteiger partial charge in [-0.3, -0.25) is 4.79 Å². The molecule has 0 rings (SSSR count). The summed E-state index contributed by atoms with van der Waals surface area (Å²) in [7, 11) is 1.53. The second kappa shape index (κ2) is 12.8. The van der Waals surface area contributed by atoms with Crippen LogP contribution < -0.4 is 0 Å². The third-order valence-corrected chi connectivity index (χ3v) is 5.81. The van der Waals surface area contributed by atoms with Gasteiger partial charge in [-0.15, -0.1) is 0 Å². The van der Waals surface area contributed by atoms with Crippen LogP contribution in [0, 0.1) is 0 Å². The van der Waals surface area contributed by atoms with E-state index in [1.807, 2.05) is 0 Å². The van der Waals surface area contributed by atoms with Gasteiger partial charge in [-0.05, 0) is 6.42 Å². The van der Waals surface area contributed by atoms with Crippen LogP contribution in [-0.2, 0) is 22.5 Å². The summed E-state index contributed by atoms with van der Waals surface area (Å²) in [5, 5.41) is 0.226. The fourth-order valence-corrected chi connectivity index (χ4v) is 3.73. The standard InChI is InChI=1S/C13H28O5SSi/c1-5-6-7-8-9-10-13(14)19-12-11-18-20(15-2,16-3)17-4/h5-12H2,1-4H3. The molecule has 0 aromatic carbocycles. The van der Waals surface area contributed by atoms with E-state index in [1.54, 1.807) is 0 Å². The molecule has 0 N–H and O–H groups in total. The highest BCUT2D eigenvalue weighted by molar-refractivity contribution is 8.13. The molecule has 0 spiro atoms. The van der Waals surface area contributed by atoms with Gasteiger partial charge in [0.25, 0.3) is 0 Å². The number of carbonyl (C=O) groups is 1. The van der Waals surface area contributed by atoms with E-state index in [0.717, 1.165) is 12.8 Å². The Morgan fingerprint density at radius 2 is 1.60 bits per heavy atom. The second-order valence-electron chi connectivity index (χ2n) is 4.35. The van der Waals surface area contributed by atoms with Crippen LogP contribution in [0.5, 0.6) is 0 Å². The summed E-state index contributed by atoms with van der Waals surface area (Å²) < 4.78 is 20.9. The fourth-order valence-electron chi connectivity index (χ4n) is 1.69. The Labute approximate surface area is 128 Å². The summed E-state index contributed by atoms with van der Waals surface area (Å²) in [5.74, 6) is 0.596. The number of unbranched alkanes of at least 4 members (excludes halogenated alkanes) is 4. The number of carbonyl (C=O) groups excluding carboxylic acids is 1. The van der Waals surface area contributed by atoms with E-state index in [-0.39, 0.29) is 5.12 Å². The molecule has 0 saturated carbocycles. The molecule has 0 fully saturated rings. The van der Waals surface area contributed by atoms with E-state index in [0.29, 0.717) is 18.8 Å². The Morgan fingerprint density at radius 3 is 2.15 bits per heavy atom. The van der Waals surface area contributed by atoms with Crippen molar-refractivity contribution >= 4 is 25.9 Å². The number of thioether (sulfide) groups is 1. The molecule has 0 aromatic heterocycles. The van der Waals surface area contributed by atoms with E-state index in [1.165, 1.54) is 52.4 Å². The number of hydrogen-bond acceptors (Lipinski definition) is 6. The van der Waals surface area contributed by atoms with Gasteiger partial charge in [-0.25, -0.2) is 0 Å². The number of hydrogen-bond donors (Lipinski definition) is 0. The molecule has 0 saturated heterocycles. The Hall–Kier alpha value is 0.0769. The summed E-state index contributed by atoms with van der Waals surface area (Å²) in [6.45, 7) is 2.57. The normalized spacial score (nSPS) is 11.8. The largest absolute Gasteiger partial charge is 0.678 e. The quantitative estimate of drug-likeness (QED) is 0.383. The third kappa shape index (κ3) is 9.09. The predicted octanol–water partition coefficient (Wildman–Crippen LogP) is 3.00. The maximum absolute atomic E-state index is 11.6. The van der Waals surface area contributed by atoms with Crippen molar-refractivity contribution in [1.82, 2.24) is 0 Å². The molecular weight excluding hydrogens is 296 g/mol. The maximum Gasteiger partial charge on any atom is 0.678 e. The molecule has 0 amide bonds. The highest BCUT2D eigenvalue weighted by Gasteiger charge is 2.41. The predicted molar refractivity (Wildman–Crippen MR) is 83.6 cm³/mol. The number of rotatable bonds is 13. The summed E-state index contributed by atoms with van der Waals surface area (Å²) in [6.07, 6.45) is 6.48. The first-order chi connectivity index (χ1) is 9.64. The van der Waals surface area contributed by atoms with Crippen LogP contribution in [0.4, 0.5) is 0 Å². The molecule has 0 atom stereocenters. The molecule has 0 aliphatic heterocycles. The monoisotopic (exact) mass is 324 g/mol. The molecule has 0 unspecified atom stereocenters. The van der Waals surface area contributed by atoms with E-state index < -0.39 is 9.05 Å². The van der Waals surface area contributed by atoms with Gasteiger partial charge in [0, 0.05) is 33.5 Å². The van der Waals surface area contributed by atoms with E-state index in [4.69, 9.17) is 17.7 Å². The molecule has 5 nitrogen and oxygen atoms in total. The van der Waals surface area contributed by atoms with Crippen molar-refractivity contribution in [2.24, 2.45) is 0 Å². The van der Waals surface area contributed by atoms with Crippen LogP contribution in [0.3, 0.4) is 0 Å². The second-order valence-corrected chi connectivity index (χ2v) is 8.01. The van der Waals surface area contributed by atoms with Gasteiger partial charge in [0.05, 0.1) is 6.61 Å². The average Bonchev–Trinajstić information content (AvgIpc) is 2.48. The van der Waals surface area contributed by atoms with Gasteiger partial charge in [-0.1, -0.05) is 44.4 Å². The van der Waals surface area contributed by atoms with Crippen molar-refractivity contribution in [2.45, 2.75) is 45.4 Å². The summed E-state index contributed by atoms with van der Waals surface area (Å²) in [6, 6.07) is 0. The average molecular weight is 325 g/mol. The molecule has 0 aromatic rings. The molecular formula is C13H28O5SSi. The van der Waals surface area contributed by atoms with Crippen LogP contribution in [-0.4, -0.2) is 47.9 Å². The Bertz CT molecular complexity index is 241. The lowest BCUT2D eigenvalue weighted by atomic mass is 10.1. The van der Waals surface area contributed by atoms with Crippen LogP contribution in [0.25, 0.3) is 0 Å². The van der Waals surface area contributed by atoms with Crippen LogP contribution >= 0.6 is 11.8 Å². The highest BCUT2D eigenvalue weighted by atomic mass is 32.2. The fraction of sp³-hybridized carbons (Fsp3) is 0.923. The van der Waals surface area contributed by atoms with Gasteiger partial charge < -0.3 is 17.7 Å². The maximum atomic E-state index is 11.6. The van der Waals surface area contributed by atoms with Crippen LogP contribution in [0.1, 0.15) is 45.4 Å². The minimum atomic E-state index is -2.95. The lowest BCUT2D eigenvalue weighted by Crippen LogP contribution is -2.46. The lowest BCUT2D eigenvalue weighted by Gasteiger charge is -2.22. The lowest BCUT2D eigenvalue weighted by molar-refractivity contribution is -0.111. The van der Waals surface area contributed by atoms with E-state index in [2.05, 4.69) is 6.92 Å². The molecule has 0 aliphatic rings. The van der Waals surface area contributed by atoms with Gasteiger partial charge >= 0.3 is 9.05 Å². The van der Waals surface area contributed by atoms with Crippen molar-refractivity contribution < 1.29 is 22.5 Å². The van der Waals surface area contributed by atoms with Crippen LogP contribution in [0.2, 0.25) is 0 Å². The van der Waals surface area contributed by atoms with Crippen molar-refractivity contribution in [3.05, 3.63) is 0 Å². The first-order valence-corrected chi connectivity index (χ1v) is 9.71. The Balaban J connectivity index is 3.61. The minimum absolute atomic E-state index is 0.226. The van der Waals surface area contributed by atoms with Crippen molar-refractivity contribution in [2.75, 3.05) is 33.7 Å². The molecule has 7 heteroatoms. The minimum Gasteiger partial charge on any atom is -0.355 e. The summed E-state index contributed by atoms with van der Waals surface area (Å²) in [5.41, 5.74) is 0. The van der Waals surface area contributed by atoms with Crippen molar-refractivity contribution in [3.63, 3.8) is 0 Å². The Kier molecular flexibility index (Phi) is 12.8. The van der Waals surface area contributed by atoms with E-state index >= 15 is 0 Å². The zero-order valence-electron chi connectivity index (χ0n) is 13.1. The zero-order chi connectivity index (χ0) is 15.3. The molecule has 0 bridgehead atoms. The molecule has 0 aliphatic carbocycles. The molecule has 120 valence electrons. The topological polar surface area (TPSA) is 54.0 Å². The zero-order valence-corrected chi connectivity index (χ0v) is 14.9. The first kappa shape index (κ1) is 20.1. The first-order valence-electron chi connectivity index (χ1n) is 7.09. The van der Waals surface area contributed by atoms with Gasteiger partial charge in [0.2, 0.25) is 0 Å². The molecule has 20 heavy (non-hydrogen) atoms. The smallest absolute Gasteiger partial charge is 0.355 e. The van der Waals surface area contributed by atoms with E-state index in [9.17, 15) is 4.79 Å². The van der Waals surface area contributed by atoms with Gasteiger partial charge in [0.15, 0.2) is 5.12 Å². The summed E-state index contributed by atoms with van der Waals surface area (Å²) >= 11 is 1.30. The SMILES string of the molecule is CCCCCCCC(=O)SCCO[Si](OC)(OC)OC. The third-order valence-electron chi connectivity index (χ3n) is 2.86. The van der Waals surface area contributed by atoms with Crippen LogP contribution in [0.15, 0.2) is 0 Å². The van der Waals surface area contributed by atoms with Gasteiger partial charge in [-0.2, -0.15) is 0 Å². The van der Waals surface area contributed by atoms with Gasteiger partial charge in [0.1, 0.15) is 0 Å².